The third-order valence-corrected chi connectivity index (χ3v) is 5.24. The van der Waals surface area contributed by atoms with Crippen LogP contribution in [0, 0.1) is 18.3 Å². The van der Waals surface area contributed by atoms with Gasteiger partial charge in [0.15, 0.2) is 11.4 Å². The molecule has 1 aromatic heterocycles. The number of rotatable bonds is 1. The maximum atomic E-state index is 12.7. The van der Waals surface area contributed by atoms with Crippen molar-refractivity contribution in [3.8, 4) is 6.07 Å². The maximum Gasteiger partial charge on any atom is 0.205 e. The van der Waals surface area contributed by atoms with Crippen LogP contribution in [0.3, 0.4) is 0 Å². The number of nitrogens with zero attached hydrogens (tertiary/aromatic N) is 3. The summed E-state index contributed by atoms with van der Waals surface area (Å²) in [6, 6.07) is 10.9. The average molecular weight is 323 g/mol. The van der Waals surface area contributed by atoms with E-state index in [1.165, 1.54) is 11.3 Å². The summed E-state index contributed by atoms with van der Waals surface area (Å²) in [6.07, 6.45) is 0.318. The molecule has 23 heavy (non-hydrogen) atoms. The van der Waals surface area contributed by atoms with E-state index < -0.39 is 5.60 Å². The number of nitriles is 1. The molecular weight excluding hydrogens is 310 g/mol. The zero-order chi connectivity index (χ0) is 16.2. The highest BCUT2D eigenvalue weighted by molar-refractivity contribution is 7.16. The van der Waals surface area contributed by atoms with Gasteiger partial charge in [0.2, 0.25) is 5.78 Å². The summed E-state index contributed by atoms with van der Waals surface area (Å²) < 4.78 is 0. The van der Waals surface area contributed by atoms with Gasteiger partial charge in [-0.05, 0) is 37.3 Å². The van der Waals surface area contributed by atoms with E-state index in [1.54, 1.807) is 18.2 Å². The molecule has 0 spiro atoms. The lowest BCUT2D eigenvalue weighted by Crippen LogP contribution is -2.48. The molecule has 1 aromatic carbocycles. The standard InChI is InChI=1S/C17H13N3O2S/c1-10-8-13-14(21)17(22)6-7-20(16(17)19-15(13)23-10)12-4-2-11(9-18)3-5-12/h2-5,8,22H,6-7H2,1H3. The molecule has 4 rings (SSSR count). The van der Waals surface area contributed by atoms with Crippen molar-refractivity contribution in [2.75, 3.05) is 11.4 Å². The molecule has 1 unspecified atom stereocenters. The summed E-state index contributed by atoms with van der Waals surface area (Å²) in [7, 11) is 0. The van der Waals surface area contributed by atoms with E-state index in [-0.39, 0.29) is 5.78 Å². The lowest BCUT2D eigenvalue weighted by Gasteiger charge is -2.28. The summed E-state index contributed by atoms with van der Waals surface area (Å²) in [5.41, 5.74) is 0.360. The van der Waals surface area contributed by atoms with Gasteiger partial charge in [0.05, 0.1) is 17.2 Å². The molecule has 1 N–H and O–H groups in total. The number of ketones is 1. The molecule has 2 aromatic rings. The topological polar surface area (TPSA) is 76.7 Å². The molecule has 0 saturated carbocycles. The number of Topliss-reactive ketones (excluding diaryl/α,β-unsaturated/α-hetero) is 1. The van der Waals surface area contributed by atoms with Crippen LogP contribution in [-0.2, 0) is 0 Å². The number of aliphatic imine (C=N–C) groups is 1. The van der Waals surface area contributed by atoms with Crippen molar-refractivity contribution in [2.45, 2.75) is 18.9 Å². The highest BCUT2D eigenvalue weighted by Gasteiger charge is 2.52. The molecule has 5 nitrogen and oxygen atoms in total. The summed E-state index contributed by atoms with van der Waals surface area (Å²) >= 11 is 1.46. The summed E-state index contributed by atoms with van der Waals surface area (Å²) in [6.45, 7) is 2.44. The van der Waals surface area contributed by atoms with Crippen LogP contribution in [0.5, 0.6) is 0 Å². The largest absolute Gasteiger partial charge is 0.374 e. The van der Waals surface area contributed by atoms with E-state index in [0.717, 1.165) is 10.6 Å². The first-order valence-electron chi connectivity index (χ1n) is 7.27. The van der Waals surface area contributed by atoms with Gasteiger partial charge in [0.1, 0.15) is 5.00 Å². The van der Waals surface area contributed by atoms with Crippen LogP contribution >= 0.6 is 11.3 Å². The van der Waals surface area contributed by atoms with Gasteiger partial charge in [-0.1, -0.05) is 0 Å². The normalized spacial score (nSPS) is 22.4. The van der Waals surface area contributed by atoms with Gasteiger partial charge in [-0.25, -0.2) is 4.99 Å². The van der Waals surface area contributed by atoms with E-state index in [0.29, 0.717) is 34.9 Å². The van der Waals surface area contributed by atoms with Crippen LogP contribution in [0.1, 0.15) is 27.2 Å². The number of thiophene rings is 1. The Labute approximate surface area is 137 Å². The number of carbonyl (C=O) groups is 1. The lowest BCUT2D eigenvalue weighted by molar-refractivity contribution is 0.0603. The lowest BCUT2D eigenvalue weighted by atomic mass is 9.90. The second kappa shape index (κ2) is 4.75. The number of hydrogen-bond donors (Lipinski definition) is 1. The summed E-state index contributed by atoms with van der Waals surface area (Å²) in [5.74, 6) is 0.125. The zero-order valence-corrected chi connectivity index (χ0v) is 13.2. The van der Waals surface area contributed by atoms with E-state index >= 15 is 0 Å². The van der Waals surface area contributed by atoms with Gasteiger partial charge in [0.25, 0.3) is 0 Å². The highest BCUT2D eigenvalue weighted by atomic mass is 32.1. The fourth-order valence-corrected chi connectivity index (χ4v) is 3.99. The fourth-order valence-electron chi connectivity index (χ4n) is 3.12. The van der Waals surface area contributed by atoms with Gasteiger partial charge in [0, 0.05) is 23.5 Å². The number of carbonyl (C=O) groups excluding carboxylic acids is 1. The van der Waals surface area contributed by atoms with Crippen LogP contribution in [0.15, 0.2) is 35.3 Å². The Hall–Kier alpha value is -2.49. The Morgan fingerprint density at radius 3 is 2.83 bits per heavy atom. The van der Waals surface area contributed by atoms with Gasteiger partial charge in [-0.3, -0.25) is 4.79 Å². The van der Waals surface area contributed by atoms with Gasteiger partial charge >= 0.3 is 0 Å². The predicted molar refractivity (Wildman–Crippen MR) is 88.6 cm³/mol. The average Bonchev–Trinajstić information content (AvgIpc) is 3.09. The Balaban J connectivity index is 1.82. The van der Waals surface area contributed by atoms with Gasteiger partial charge < -0.3 is 10.0 Å². The maximum absolute atomic E-state index is 12.7. The number of amidine groups is 1. The molecule has 2 aliphatic heterocycles. The minimum atomic E-state index is -1.55. The molecule has 0 amide bonds. The van der Waals surface area contributed by atoms with Crippen LogP contribution in [-0.4, -0.2) is 28.9 Å². The second-order valence-corrected chi connectivity index (χ2v) is 7.00. The zero-order valence-electron chi connectivity index (χ0n) is 12.4. The van der Waals surface area contributed by atoms with Crippen LogP contribution in [0.25, 0.3) is 0 Å². The van der Waals surface area contributed by atoms with Crippen LogP contribution < -0.4 is 4.90 Å². The quantitative estimate of drug-likeness (QED) is 0.875. The second-order valence-electron chi connectivity index (χ2n) is 5.76. The van der Waals surface area contributed by atoms with E-state index in [9.17, 15) is 9.90 Å². The SMILES string of the molecule is Cc1cc2c(s1)N=C1N(c3ccc(C#N)cc3)CCC1(O)C2=O. The first-order chi connectivity index (χ1) is 11.0. The number of anilines is 1. The molecule has 2 aliphatic rings. The molecule has 114 valence electrons. The number of hydrogen-bond acceptors (Lipinski definition) is 6. The molecular formula is C17H13N3O2S. The molecule has 6 heteroatoms. The number of benzene rings is 1. The first kappa shape index (κ1) is 14.1. The number of aliphatic hydroxyl groups is 1. The number of aryl methyl sites for hydroxylation is 1. The predicted octanol–water partition coefficient (Wildman–Crippen LogP) is 2.80. The Morgan fingerprint density at radius 1 is 1.39 bits per heavy atom. The molecule has 1 fully saturated rings. The summed E-state index contributed by atoms with van der Waals surface area (Å²) in [4.78, 5) is 20.2. The van der Waals surface area contributed by atoms with Crippen molar-refractivity contribution >= 4 is 33.6 Å². The molecule has 1 saturated heterocycles. The van der Waals surface area contributed by atoms with Crippen molar-refractivity contribution in [3.05, 3.63) is 46.3 Å². The Bertz CT molecular complexity index is 892. The third kappa shape index (κ3) is 1.94. The molecule has 1 atom stereocenters. The Kier molecular flexibility index (Phi) is 2.92. The third-order valence-electron chi connectivity index (χ3n) is 4.29. The van der Waals surface area contributed by atoms with Crippen LogP contribution in [0.4, 0.5) is 10.7 Å². The molecule has 0 aliphatic carbocycles. The van der Waals surface area contributed by atoms with Crippen molar-refractivity contribution in [1.29, 1.82) is 5.26 Å². The summed E-state index contributed by atoms with van der Waals surface area (Å²) in [5, 5.41) is 20.5. The minimum Gasteiger partial charge on any atom is -0.374 e. The van der Waals surface area contributed by atoms with Crippen LogP contribution in [0.2, 0.25) is 0 Å². The van der Waals surface area contributed by atoms with E-state index in [1.807, 2.05) is 24.0 Å². The minimum absolute atomic E-state index is 0.266. The van der Waals surface area contributed by atoms with Gasteiger partial charge in [-0.2, -0.15) is 5.26 Å². The van der Waals surface area contributed by atoms with E-state index in [2.05, 4.69) is 11.1 Å². The van der Waals surface area contributed by atoms with E-state index in [4.69, 9.17) is 5.26 Å². The molecule has 0 bridgehead atoms. The molecule has 0 radical (unpaired) electrons. The van der Waals surface area contributed by atoms with Crippen molar-refractivity contribution < 1.29 is 9.90 Å². The monoisotopic (exact) mass is 323 g/mol. The number of fused-ring (bicyclic) bond motifs is 2. The Morgan fingerprint density at radius 2 is 2.13 bits per heavy atom. The van der Waals surface area contributed by atoms with Crippen molar-refractivity contribution in [1.82, 2.24) is 0 Å². The molecule has 3 heterocycles. The fraction of sp³-hybridized carbons (Fsp3) is 0.235. The highest BCUT2D eigenvalue weighted by Crippen LogP contribution is 2.42. The van der Waals surface area contributed by atoms with Crippen molar-refractivity contribution in [2.24, 2.45) is 4.99 Å². The van der Waals surface area contributed by atoms with Crippen molar-refractivity contribution in [3.63, 3.8) is 0 Å². The first-order valence-corrected chi connectivity index (χ1v) is 8.09. The van der Waals surface area contributed by atoms with Gasteiger partial charge in [-0.15, -0.1) is 11.3 Å². The smallest absolute Gasteiger partial charge is 0.205 e.